The number of hydrogen-bond acceptors (Lipinski definition) is 4. The summed E-state index contributed by atoms with van der Waals surface area (Å²) in [5.41, 5.74) is 0. The fourth-order valence-corrected chi connectivity index (χ4v) is 8.39. The Bertz CT molecular complexity index is 758. The molecule has 0 aromatic carbocycles. The Labute approximate surface area is 358 Å². The predicted octanol–water partition coefficient (Wildman–Crippen LogP) is 17.4. The molecule has 0 spiro atoms. The van der Waals surface area contributed by atoms with Crippen LogP contribution in [0.15, 0.2) is 12.2 Å². The molecule has 57 heavy (non-hydrogen) atoms. The monoisotopic (exact) mass is 805 g/mol. The maximum Gasteiger partial charge on any atom is 0.306 e. The zero-order valence-electron chi connectivity index (χ0n) is 39.2. The van der Waals surface area contributed by atoms with E-state index in [9.17, 15) is 15.0 Å². The maximum absolute atomic E-state index is 12.9. The summed E-state index contributed by atoms with van der Waals surface area (Å²) in [5, 5.41) is 22.4. The van der Waals surface area contributed by atoms with Gasteiger partial charge in [-0.25, -0.2) is 0 Å². The standard InChI is InChI=1S/C53H104O4/c1-4-7-10-13-16-19-22-25-28-31-34-37-40-43-46-49-52(56)57-53(50(54)47-44-41-38-35-32-29-26-23-20-17-14-11-8-5-2)51(55)48-45-42-39-36-33-30-27-24-21-18-15-12-9-6-3/h25,28,50-51,53-55H,4-24,26-27,29-49H2,1-3H3/b28-25-. The quantitative estimate of drug-likeness (QED) is 0.0365. The summed E-state index contributed by atoms with van der Waals surface area (Å²) >= 11 is 0. The van der Waals surface area contributed by atoms with Gasteiger partial charge in [0.2, 0.25) is 0 Å². The minimum absolute atomic E-state index is 0.252. The average molecular weight is 805 g/mol. The third-order valence-electron chi connectivity index (χ3n) is 12.4. The molecular formula is C53H104O4. The first-order valence-electron chi connectivity index (χ1n) is 26.3. The first-order valence-corrected chi connectivity index (χ1v) is 26.3. The lowest BCUT2D eigenvalue weighted by molar-refractivity contribution is -0.165. The van der Waals surface area contributed by atoms with Crippen LogP contribution < -0.4 is 0 Å². The number of aliphatic hydroxyl groups is 2. The molecule has 2 unspecified atom stereocenters. The van der Waals surface area contributed by atoms with Crippen LogP contribution in [0.3, 0.4) is 0 Å². The number of carbonyl (C=O) groups excluding carboxylic acids is 1. The Balaban J connectivity index is 4.36. The normalized spacial score (nSPS) is 13.4. The number of aliphatic hydroxyl groups excluding tert-OH is 2. The molecule has 2 atom stereocenters. The summed E-state index contributed by atoms with van der Waals surface area (Å²) in [6.07, 6.45) is 56.4. The summed E-state index contributed by atoms with van der Waals surface area (Å²) in [7, 11) is 0. The lowest BCUT2D eigenvalue weighted by atomic mass is 9.96. The van der Waals surface area contributed by atoms with Crippen LogP contribution in [0.2, 0.25) is 0 Å². The van der Waals surface area contributed by atoms with E-state index >= 15 is 0 Å². The van der Waals surface area contributed by atoms with E-state index in [1.54, 1.807) is 0 Å². The van der Waals surface area contributed by atoms with Crippen molar-refractivity contribution >= 4 is 5.97 Å². The fraction of sp³-hybridized carbons (Fsp3) is 0.943. The molecule has 0 fully saturated rings. The van der Waals surface area contributed by atoms with Gasteiger partial charge in [0.05, 0.1) is 12.2 Å². The van der Waals surface area contributed by atoms with Gasteiger partial charge in [-0.1, -0.05) is 264 Å². The highest BCUT2D eigenvalue weighted by molar-refractivity contribution is 5.69. The summed E-state index contributed by atoms with van der Waals surface area (Å²) in [4.78, 5) is 12.9. The van der Waals surface area contributed by atoms with Crippen molar-refractivity contribution in [2.75, 3.05) is 0 Å². The van der Waals surface area contributed by atoms with Crippen LogP contribution in [0.5, 0.6) is 0 Å². The van der Waals surface area contributed by atoms with Crippen molar-refractivity contribution in [1.29, 1.82) is 0 Å². The van der Waals surface area contributed by atoms with Crippen molar-refractivity contribution in [3.63, 3.8) is 0 Å². The van der Waals surface area contributed by atoms with Crippen molar-refractivity contribution in [2.24, 2.45) is 0 Å². The molecule has 0 aliphatic carbocycles. The van der Waals surface area contributed by atoms with Gasteiger partial charge in [-0.05, 0) is 44.9 Å². The van der Waals surface area contributed by atoms with E-state index in [0.29, 0.717) is 19.3 Å². The van der Waals surface area contributed by atoms with Gasteiger partial charge in [0, 0.05) is 6.42 Å². The van der Waals surface area contributed by atoms with E-state index in [1.165, 1.54) is 212 Å². The molecule has 0 rings (SSSR count). The molecule has 0 aromatic heterocycles. The number of hydrogen-bond donors (Lipinski definition) is 2. The number of carbonyl (C=O) groups is 1. The van der Waals surface area contributed by atoms with Gasteiger partial charge in [0.1, 0.15) is 0 Å². The predicted molar refractivity (Wildman–Crippen MR) is 251 cm³/mol. The molecule has 2 N–H and O–H groups in total. The van der Waals surface area contributed by atoms with Crippen LogP contribution in [-0.2, 0) is 9.53 Å². The van der Waals surface area contributed by atoms with E-state index in [2.05, 4.69) is 32.9 Å². The Morgan fingerprint density at radius 1 is 0.368 bits per heavy atom. The smallest absolute Gasteiger partial charge is 0.306 e. The first-order chi connectivity index (χ1) is 28.1. The zero-order chi connectivity index (χ0) is 41.5. The van der Waals surface area contributed by atoms with Gasteiger partial charge < -0.3 is 14.9 Å². The Morgan fingerprint density at radius 3 is 0.912 bits per heavy atom. The van der Waals surface area contributed by atoms with Gasteiger partial charge in [-0.2, -0.15) is 0 Å². The second kappa shape index (κ2) is 47.8. The van der Waals surface area contributed by atoms with Crippen LogP contribution in [0.1, 0.15) is 303 Å². The summed E-state index contributed by atoms with van der Waals surface area (Å²) in [6.45, 7) is 6.84. The molecule has 340 valence electrons. The highest BCUT2D eigenvalue weighted by Gasteiger charge is 2.30. The van der Waals surface area contributed by atoms with Crippen molar-refractivity contribution in [1.82, 2.24) is 0 Å². The highest BCUT2D eigenvalue weighted by atomic mass is 16.6. The third-order valence-corrected chi connectivity index (χ3v) is 12.4. The van der Waals surface area contributed by atoms with Crippen LogP contribution in [0.25, 0.3) is 0 Å². The van der Waals surface area contributed by atoms with Crippen LogP contribution >= 0.6 is 0 Å². The number of ether oxygens (including phenoxy) is 1. The average Bonchev–Trinajstić information content (AvgIpc) is 3.21. The van der Waals surface area contributed by atoms with Gasteiger partial charge in [0.25, 0.3) is 0 Å². The van der Waals surface area contributed by atoms with Gasteiger partial charge >= 0.3 is 5.97 Å². The van der Waals surface area contributed by atoms with Crippen LogP contribution in [0.4, 0.5) is 0 Å². The summed E-state index contributed by atoms with van der Waals surface area (Å²) in [6, 6.07) is 0. The minimum Gasteiger partial charge on any atom is -0.457 e. The van der Waals surface area contributed by atoms with Gasteiger partial charge in [0.15, 0.2) is 6.10 Å². The van der Waals surface area contributed by atoms with E-state index in [1.807, 2.05) is 0 Å². The third kappa shape index (κ3) is 43.0. The van der Waals surface area contributed by atoms with Crippen molar-refractivity contribution in [2.45, 2.75) is 322 Å². The lowest BCUT2D eigenvalue weighted by Crippen LogP contribution is -2.41. The Morgan fingerprint density at radius 2 is 0.614 bits per heavy atom. The number of unbranched alkanes of at least 4 members (excludes halogenated alkanes) is 37. The molecule has 0 aliphatic rings. The summed E-state index contributed by atoms with van der Waals surface area (Å²) < 4.78 is 5.88. The number of allylic oxidation sites excluding steroid dienone is 2. The van der Waals surface area contributed by atoms with E-state index in [4.69, 9.17) is 4.74 Å². The SMILES string of the molecule is CCCCCCCC/C=C\CCCCCCCC(=O)OC(C(O)CCCCCCCCCCCCCCCC)C(O)CCCCCCCCCCCCCCCC. The zero-order valence-corrected chi connectivity index (χ0v) is 39.2. The fourth-order valence-electron chi connectivity index (χ4n) is 8.39. The molecule has 0 aliphatic heterocycles. The molecule has 0 radical (unpaired) electrons. The van der Waals surface area contributed by atoms with Crippen molar-refractivity contribution in [3.8, 4) is 0 Å². The number of rotatable bonds is 48. The Kier molecular flexibility index (Phi) is 47.1. The second-order valence-electron chi connectivity index (χ2n) is 18.2. The number of esters is 1. The molecule has 4 nitrogen and oxygen atoms in total. The lowest BCUT2D eigenvalue weighted by Gasteiger charge is -2.28. The van der Waals surface area contributed by atoms with Crippen molar-refractivity contribution < 1.29 is 19.7 Å². The van der Waals surface area contributed by atoms with Crippen LogP contribution in [0, 0.1) is 0 Å². The second-order valence-corrected chi connectivity index (χ2v) is 18.2. The molecule has 0 saturated carbocycles. The molecular weight excluding hydrogens is 701 g/mol. The Hall–Kier alpha value is -0.870. The van der Waals surface area contributed by atoms with Gasteiger partial charge in [-0.3, -0.25) is 4.79 Å². The largest absolute Gasteiger partial charge is 0.457 e. The minimum atomic E-state index is -0.801. The molecule has 0 amide bonds. The van der Waals surface area contributed by atoms with E-state index in [-0.39, 0.29) is 5.97 Å². The molecule has 4 heteroatoms. The van der Waals surface area contributed by atoms with Gasteiger partial charge in [-0.15, -0.1) is 0 Å². The van der Waals surface area contributed by atoms with Crippen molar-refractivity contribution in [3.05, 3.63) is 12.2 Å². The first kappa shape index (κ1) is 56.1. The molecule has 0 saturated heterocycles. The van der Waals surface area contributed by atoms with E-state index in [0.717, 1.165) is 51.4 Å². The highest BCUT2D eigenvalue weighted by Crippen LogP contribution is 2.21. The topological polar surface area (TPSA) is 66.8 Å². The van der Waals surface area contributed by atoms with Crippen LogP contribution in [-0.4, -0.2) is 34.5 Å². The molecule has 0 bridgehead atoms. The summed E-state index contributed by atoms with van der Waals surface area (Å²) in [5.74, 6) is -0.252. The maximum atomic E-state index is 12.9. The van der Waals surface area contributed by atoms with E-state index < -0.39 is 18.3 Å². The molecule has 0 aromatic rings. The molecule has 0 heterocycles.